The fourth-order valence-electron chi connectivity index (χ4n) is 1.74. The van der Waals surface area contributed by atoms with E-state index < -0.39 is 0 Å². The number of nitrogens with zero attached hydrogens (tertiary/aromatic N) is 1. The van der Waals surface area contributed by atoms with Gasteiger partial charge in [-0.3, -0.25) is 14.6 Å². The third-order valence-corrected chi connectivity index (χ3v) is 2.92. The Kier molecular flexibility index (Phi) is 8.04. The number of methoxy groups -OCH3 is 1. The van der Waals surface area contributed by atoms with Crippen LogP contribution in [0.4, 0.5) is 0 Å². The molecule has 0 atom stereocenters. The summed E-state index contributed by atoms with van der Waals surface area (Å²) in [5, 5.41) is 5.51. The summed E-state index contributed by atoms with van der Waals surface area (Å²) in [7, 11) is 1.57. The third kappa shape index (κ3) is 6.35. The van der Waals surface area contributed by atoms with Crippen molar-refractivity contribution in [2.24, 2.45) is 0 Å². The monoisotopic (exact) mass is 293 g/mol. The molecule has 2 N–H and O–H groups in total. The lowest BCUT2D eigenvalue weighted by Crippen LogP contribution is -2.28. The SMILES string of the molecule is CCCCCNC(=O)c1cncc(C(=O)NCCOC)c1. The molecule has 0 radical (unpaired) electrons. The molecule has 0 saturated heterocycles. The summed E-state index contributed by atoms with van der Waals surface area (Å²) in [6, 6.07) is 1.55. The Balaban J connectivity index is 2.54. The van der Waals surface area contributed by atoms with Gasteiger partial charge in [0.15, 0.2) is 0 Å². The average molecular weight is 293 g/mol. The Bertz CT molecular complexity index is 463. The summed E-state index contributed by atoms with van der Waals surface area (Å²) >= 11 is 0. The van der Waals surface area contributed by atoms with E-state index in [0.717, 1.165) is 19.3 Å². The summed E-state index contributed by atoms with van der Waals surface area (Å²) in [6.45, 7) is 3.61. The molecular formula is C15H23N3O3. The van der Waals surface area contributed by atoms with Crippen LogP contribution in [0.2, 0.25) is 0 Å². The molecule has 0 fully saturated rings. The van der Waals surface area contributed by atoms with E-state index in [1.54, 1.807) is 13.2 Å². The normalized spacial score (nSPS) is 10.2. The molecule has 0 aliphatic heterocycles. The van der Waals surface area contributed by atoms with Crippen molar-refractivity contribution >= 4 is 11.8 Å². The number of pyridine rings is 1. The Morgan fingerprint density at radius 1 is 1.10 bits per heavy atom. The summed E-state index contributed by atoms with van der Waals surface area (Å²) in [6.07, 6.45) is 6.04. The van der Waals surface area contributed by atoms with Crippen molar-refractivity contribution in [3.05, 3.63) is 29.6 Å². The molecule has 6 nitrogen and oxygen atoms in total. The molecule has 2 amide bonds. The summed E-state index contributed by atoms with van der Waals surface area (Å²) in [5.41, 5.74) is 0.762. The van der Waals surface area contributed by atoms with E-state index in [1.807, 2.05) is 0 Å². The first kappa shape index (κ1) is 17.1. The molecule has 1 aromatic heterocycles. The highest BCUT2D eigenvalue weighted by molar-refractivity contribution is 5.99. The van der Waals surface area contributed by atoms with Crippen LogP contribution in [-0.2, 0) is 4.74 Å². The van der Waals surface area contributed by atoms with Crippen molar-refractivity contribution in [1.29, 1.82) is 0 Å². The van der Waals surface area contributed by atoms with E-state index in [4.69, 9.17) is 4.74 Å². The van der Waals surface area contributed by atoms with Gasteiger partial charge in [0.1, 0.15) is 0 Å². The first-order valence-corrected chi connectivity index (χ1v) is 7.19. The molecule has 0 unspecified atom stereocenters. The van der Waals surface area contributed by atoms with E-state index in [9.17, 15) is 9.59 Å². The van der Waals surface area contributed by atoms with E-state index in [0.29, 0.717) is 30.8 Å². The first-order chi connectivity index (χ1) is 10.2. The van der Waals surface area contributed by atoms with Crippen LogP contribution in [-0.4, -0.2) is 43.6 Å². The minimum atomic E-state index is -0.264. The smallest absolute Gasteiger partial charge is 0.252 e. The zero-order chi connectivity index (χ0) is 15.5. The standard InChI is InChI=1S/C15H23N3O3/c1-3-4-5-6-17-14(19)12-9-13(11-16-10-12)15(20)18-7-8-21-2/h9-11H,3-8H2,1-2H3,(H,17,19)(H,18,20). The maximum absolute atomic E-state index is 11.9. The molecule has 116 valence electrons. The fraction of sp³-hybridized carbons (Fsp3) is 0.533. The maximum atomic E-state index is 11.9. The zero-order valence-electron chi connectivity index (χ0n) is 12.6. The fourth-order valence-corrected chi connectivity index (χ4v) is 1.74. The van der Waals surface area contributed by atoms with Crippen LogP contribution in [0.1, 0.15) is 46.9 Å². The summed E-state index contributed by atoms with van der Waals surface area (Å²) in [5.74, 6) is -0.467. The van der Waals surface area contributed by atoms with Gasteiger partial charge < -0.3 is 15.4 Å². The van der Waals surface area contributed by atoms with Crippen LogP contribution >= 0.6 is 0 Å². The summed E-state index contributed by atoms with van der Waals surface area (Å²) < 4.78 is 4.86. The largest absolute Gasteiger partial charge is 0.383 e. The number of rotatable bonds is 9. The maximum Gasteiger partial charge on any atom is 0.252 e. The van der Waals surface area contributed by atoms with Crippen LogP contribution in [0.25, 0.3) is 0 Å². The lowest BCUT2D eigenvalue weighted by atomic mass is 10.2. The van der Waals surface area contributed by atoms with Crippen LogP contribution < -0.4 is 10.6 Å². The summed E-state index contributed by atoms with van der Waals surface area (Å²) in [4.78, 5) is 27.7. The second-order valence-electron chi connectivity index (χ2n) is 4.67. The van der Waals surface area contributed by atoms with Crippen LogP contribution in [0.5, 0.6) is 0 Å². The van der Waals surface area contributed by atoms with Crippen LogP contribution in [0.3, 0.4) is 0 Å². The minimum Gasteiger partial charge on any atom is -0.383 e. The highest BCUT2D eigenvalue weighted by atomic mass is 16.5. The number of carbonyl (C=O) groups excluding carboxylic acids is 2. The van der Waals surface area contributed by atoms with Gasteiger partial charge in [-0.1, -0.05) is 19.8 Å². The lowest BCUT2D eigenvalue weighted by Gasteiger charge is -2.07. The number of hydrogen-bond donors (Lipinski definition) is 2. The zero-order valence-corrected chi connectivity index (χ0v) is 12.6. The predicted octanol–water partition coefficient (Wildman–Crippen LogP) is 1.38. The first-order valence-electron chi connectivity index (χ1n) is 7.19. The minimum absolute atomic E-state index is 0.204. The molecule has 0 bridgehead atoms. The second-order valence-corrected chi connectivity index (χ2v) is 4.67. The van der Waals surface area contributed by atoms with E-state index in [2.05, 4.69) is 22.5 Å². The number of hydrogen-bond acceptors (Lipinski definition) is 4. The van der Waals surface area contributed by atoms with Crippen molar-refractivity contribution in [2.45, 2.75) is 26.2 Å². The van der Waals surface area contributed by atoms with Crippen molar-refractivity contribution in [1.82, 2.24) is 15.6 Å². The molecule has 6 heteroatoms. The Morgan fingerprint density at radius 3 is 2.29 bits per heavy atom. The van der Waals surface area contributed by atoms with Crippen molar-refractivity contribution in [2.75, 3.05) is 26.8 Å². The van der Waals surface area contributed by atoms with Crippen LogP contribution in [0, 0.1) is 0 Å². The Labute approximate surface area is 125 Å². The van der Waals surface area contributed by atoms with Gasteiger partial charge >= 0.3 is 0 Å². The van der Waals surface area contributed by atoms with E-state index in [1.165, 1.54) is 12.4 Å². The number of unbranched alkanes of at least 4 members (excludes halogenated alkanes) is 2. The van der Waals surface area contributed by atoms with Crippen molar-refractivity contribution < 1.29 is 14.3 Å². The molecule has 0 saturated carbocycles. The van der Waals surface area contributed by atoms with Gasteiger partial charge in [0, 0.05) is 32.6 Å². The van der Waals surface area contributed by atoms with Crippen molar-refractivity contribution in [3.63, 3.8) is 0 Å². The van der Waals surface area contributed by atoms with Crippen LogP contribution in [0.15, 0.2) is 18.5 Å². The second kappa shape index (κ2) is 9.88. The van der Waals surface area contributed by atoms with Gasteiger partial charge in [0.05, 0.1) is 17.7 Å². The highest BCUT2D eigenvalue weighted by Gasteiger charge is 2.10. The Hall–Kier alpha value is -1.95. The van der Waals surface area contributed by atoms with Gasteiger partial charge in [0.2, 0.25) is 0 Å². The van der Waals surface area contributed by atoms with Gasteiger partial charge in [0.25, 0.3) is 11.8 Å². The Morgan fingerprint density at radius 2 is 1.71 bits per heavy atom. The quantitative estimate of drug-likeness (QED) is 0.674. The molecule has 0 spiro atoms. The topological polar surface area (TPSA) is 80.3 Å². The molecule has 0 aliphatic carbocycles. The molecular weight excluding hydrogens is 270 g/mol. The van der Waals surface area contributed by atoms with E-state index >= 15 is 0 Å². The molecule has 1 rings (SSSR count). The average Bonchev–Trinajstić information content (AvgIpc) is 2.51. The number of ether oxygens (including phenoxy) is 1. The van der Waals surface area contributed by atoms with Gasteiger partial charge in [-0.2, -0.15) is 0 Å². The molecule has 0 aliphatic rings. The van der Waals surface area contributed by atoms with Gasteiger partial charge in [-0.25, -0.2) is 0 Å². The van der Waals surface area contributed by atoms with Crippen molar-refractivity contribution in [3.8, 4) is 0 Å². The lowest BCUT2D eigenvalue weighted by molar-refractivity contribution is 0.0936. The van der Waals surface area contributed by atoms with Gasteiger partial charge in [-0.15, -0.1) is 0 Å². The predicted molar refractivity (Wildman–Crippen MR) is 80.3 cm³/mol. The van der Waals surface area contributed by atoms with E-state index in [-0.39, 0.29) is 11.8 Å². The number of nitrogens with one attached hydrogen (secondary N) is 2. The number of amides is 2. The molecule has 1 heterocycles. The molecule has 0 aromatic carbocycles. The third-order valence-electron chi connectivity index (χ3n) is 2.92. The highest BCUT2D eigenvalue weighted by Crippen LogP contribution is 2.03. The molecule has 21 heavy (non-hydrogen) atoms. The number of carbonyl (C=O) groups is 2. The number of aromatic nitrogens is 1. The van der Waals surface area contributed by atoms with Gasteiger partial charge in [-0.05, 0) is 12.5 Å². The molecule has 1 aromatic rings.